The Morgan fingerprint density at radius 3 is 2.52 bits per heavy atom. The highest BCUT2D eigenvalue weighted by Crippen LogP contribution is 2.32. The molecule has 21 heavy (non-hydrogen) atoms. The van der Waals surface area contributed by atoms with Gasteiger partial charge in [-0.1, -0.05) is 6.07 Å². The molecule has 0 aliphatic heterocycles. The van der Waals surface area contributed by atoms with Gasteiger partial charge in [0.05, 0.1) is 4.92 Å². The van der Waals surface area contributed by atoms with Crippen molar-refractivity contribution >= 4 is 17.6 Å². The standard InChI is InChI=1S/C13H16N2O6/c1-7-4-8(2)12(11(5-7)15(19)20)21-6-10(13(17)18)14-9(3)16/h4-5,10H,6H2,1-3H3,(H,14,16)(H,17,18). The van der Waals surface area contributed by atoms with Gasteiger partial charge in [0.15, 0.2) is 11.8 Å². The van der Waals surface area contributed by atoms with Crippen molar-refractivity contribution in [3.63, 3.8) is 0 Å². The van der Waals surface area contributed by atoms with Crippen molar-refractivity contribution in [2.75, 3.05) is 6.61 Å². The van der Waals surface area contributed by atoms with Crippen LogP contribution in [0.2, 0.25) is 0 Å². The number of carboxylic acid groups (broad SMARTS) is 1. The van der Waals surface area contributed by atoms with Crippen molar-refractivity contribution in [3.8, 4) is 5.75 Å². The normalized spacial score (nSPS) is 11.6. The SMILES string of the molecule is CC(=O)NC(COc1c(C)cc(C)cc1[N+](=O)[O-])C(=O)O. The zero-order valence-corrected chi connectivity index (χ0v) is 11.9. The van der Waals surface area contributed by atoms with Crippen molar-refractivity contribution in [1.82, 2.24) is 5.32 Å². The predicted molar refractivity (Wildman–Crippen MR) is 73.3 cm³/mol. The van der Waals surface area contributed by atoms with Gasteiger partial charge in [0.2, 0.25) is 5.91 Å². The van der Waals surface area contributed by atoms with E-state index in [-0.39, 0.29) is 11.4 Å². The predicted octanol–water partition coefficient (Wildman–Crippen LogP) is 1.18. The lowest BCUT2D eigenvalue weighted by atomic mass is 10.1. The lowest BCUT2D eigenvalue weighted by Crippen LogP contribution is -2.43. The van der Waals surface area contributed by atoms with E-state index in [0.29, 0.717) is 11.1 Å². The van der Waals surface area contributed by atoms with E-state index < -0.39 is 29.4 Å². The largest absolute Gasteiger partial charge is 0.484 e. The van der Waals surface area contributed by atoms with E-state index in [2.05, 4.69) is 5.32 Å². The average Bonchev–Trinajstić information content (AvgIpc) is 2.34. The molecule has 1 atom stereocenters. The number of carboxylic acids is 1. The number of amides is 1. The summed E-state index contributed by atoms with van der Waals surface area (Å²) in [6, 6.07) is 1.76. The molecule has 8 heteroatoms. The summed E-state index contributed by atoms with van der Waals surface area (Å²) in [6.07, 6.45) is 0. The van der Waals surface area contributed by atoms with Gasteiger partial charge in [-0.25, -0.2) is 4.79 Å². The molecule has 0 spiro atoms. The monoisotopic (exact) mass is 296 g/mol. The van der Waals surface area contributed by atoms with Crippen molar-refractivity contribution in [2.45, 2.75) is 26.8 Å². The summed E-state index contributed by atoms with van der Waals surface area (Å²) in [6.45, 7) is 4.11. The van der Waals surface area contributed by atoms with Gasteiger partial charge in [-0.15, -0.1) is 0 Å². The Balaban J connectivity index is 2.99. The molecule has 1 rings (SSSR count). The molecular formula is C13H16N2O6. The highest BCUT2D eigenvalue weighted by Gasteiger charge is 2.23. The first kappa shape index (κ1) is 16.4. The molecule has 1 amide bonds. The Bertz CT molecular complexity index is 584. The molecule has 0 radical (unpaired) electrons. The lowest BCUT2D eigenvalue weighted by molar-refractivity contribution is -0.386. The summed E-state index contributed by atoms with van der Waals surface area (Å²) in [5, 5.41) is 22.2. The highest BCUT2D eigenvalue weighted by atomic mass is 16.6. The van der Waals surface area contributed by atoms with E-state index in [1.165, 1.54) is 13.0 Å². The molecule has 0 heterocycles. The number of nitro benzene ring substituents is 1. The third kappa shape index (κ3) is 4.44. The van der Waals surface area contributed by atoms with Gasteiger partial charge in [0.25, 0.3) is 0 Å². The second-order valence-electron chi connectivity index (χ2n) is 4.59. The molecule has 1 aromatic rings. The third-order valence-electron chi connectivity index (χ3n) is 2.67. The van der Waals surface area contributed by atoms with Crippen LogP contribution in [-0.4, -0.2) is 34.6 Å². The number of nitrogens with one attached hydrogen (secondary N) is 1. The van der Waals surface area contributed by atoms with Gasteiger partial charge in [-0.05, 0) is 25.0 Å². The van der Waals surface area contributed by atoms with Crippen LogP contribution in [0, 0.1) is 24.0 Å². The zero-order chi connectivity index (χ0) is 16.2. The van der Waals surface area contributed by atoms with Gasteiger partial charge in [-0.2, -0.15) is 0 Å². The van der Waals surface area contributed by atoms with Crippen LogP contribution in [0.25, 0.3) is 0 Å². The van der Waals surface area contributed by atoms with Crippen LogP contribution in [0.3, 0.4) is 0 Å². The Morgan fingerprint density at radius 1 is 1.43 bits per heavy atom. The van der Waals surface area contributed by atoms with Crippen LogP contribution >= 0.6 is 0 Å². The minimum absolute atomic E-state index is 0.00204. The third-order valence-corrected chi connectivity index (χ3v) is 2.67. The van der Waals surface area contributed by atoms with E-state index in [0.717, 1.165) is 0 Å². The number of nitrogens with zero attached hydrogens (tertiary/aromatic N) is 1. The molecule has 8 nitrogen and oxygen atoms in total. The number of carbonyl (C=O) groups excluding carboxylic acids is 1. The first-order valence-corrected chi connectivity index (χ1v) is 6.10. The van der Waals surface area contributed by atoms with Gasteiger partial charge in [0.1, 0.15) is 6.61 Å². The van der Waals surface area contributed by atoms with Crippen molar-refractivity contribution in [3.05, 3.63) is 33.4 Å². The number of nitro groups is 1. The maximum absolute atomic E-state index is 11.0. The van der Waals surface area contributed by atoms with Crippen molar-refractivity contribution in [1.29, 1.82) is 0 Å². The number of carbonyl (C=O) groups is 2. The molecule has 1 unspecified atom stereocenters. The van der Waals surface area contributed by atoms with E-state index in [4.69, 9.17) is 9.84 Å². The molecular weight excluding hydrogens is 280 g/mol. The molecule has 0 saturated heterocycles. The summed E-state index contributed by atoms with van der Waals surface area (Å²) >= 11 is 0. The van der Waals surface area contributed by atoms with E-state index in [1.54, 1.807) is 19.9 Å². The van der Waals surface area contributed by atoms with Crippen LogP contribution in [0.1, 0.15) is 18.1 Å². The highest BCUT2D eigenvalue weighted by molar-refractivity contribution is 5.82. The number of rotatable bonds is 6. The maximum Gasteiger partial charge on any atom is 0.329 e. The van der Waals surface area contributed by atoms with Gasteiger partial charge in [-0.3, -0.25) is 14.9 Å². The Labute approximate surface area is 120 Å². The Hall–Kier alpha value is -2.64. The Kier molecular flexibility index (Phi) is 5.23. The van der Waals surface area contributed by atoms with Crippen molar-refractivity contribution in [2.24, 2.45) is 0 Å². The molecule has 0 fully saturated rings. The molecule has 0 aliphatic carbocycles. The summed E-state index contributed by atoms with van der Waals surface area (Å²) in [5.41, 5.74) is 0.983. The zero-order valence-electron chi connectivity index (χ0n) is 11.9. The average molecular weight is 296 g/mol. The number of aliphatic carboxylic acids is 1. The number of ether oxygens (including phenoxy) is 1. The van der Waals surface area contributed by atoms with Crippen LogP contribution in [0.5, 0.6) is 5.75 Å². The van der Waals surface area contributed by atoms with Gasteiger partial charge in [0, 0.05) is 13.0 Å². The maximum atomic E-state index is 11.0. The summed E-state index contributed by atoms with van der Waals surface area (Å²) in [4.78, 5) is 32.3. The van der Waals surface area contributed by atoms with Gasteiger partial charge >= 0.3 is 11.7 Å². The molecule has 0 aliphatic rings. The number of aryl methyl sites for hydroxylation is 2. The lowest BCUT2D eigenvalue weighted by Gasteiger charge is -2.16. The molecule has 0 saturated carbocycles. The van der Waals surface area contributed by atoms with E-state index in [1.807, 2.05) is 0 Å². The molecule has 0 aromatic heterocycles. The van der Waals surface area contributed by atoms with Crippen LogP contribution < -0.4 is 10.1 Å². The van der Waals surface area contributed by atoms with Crippen molar-refractivity contribution < 1.29 is 24.4 Å². The number of hydrogen-bond donors (Lipinski definition) is 2. The second kappa shape index (κ2) is 6.69. The summed E-state index contributed by atoms with van der Waals surface area (Å²) in [5.74, 6) is -1.80. The minimum Gasteiger partial charge on any atom is -0.484 e. The molecule has 114 valence electrons. The number of benzene rings is 1. The first-order chi connectivity index (χ1) is 9.72. The fourth-order valence-electron chi connectivity index (χ4n) is 1.84. The quantitative estimate of drug-likeness (QED) is 0.601. The summed E-state index contributed by atoms with van der Waals surface area (Å²) in [7, 11) is 0. The minimum atomic E-state index is -1.28. The first-order valence-electron chi connectivity index (χ1n) is 6.10. The van der Waals surface area contributed by atoms with Crippen LogP contribution in [-0.2, 0) is 9.59 Å². The van der Waals surface area contributed by atoms with Crippen LogP contribution in [0.15, 0.2) is 12.1 Å². The second-order valence-corrected chi connectivity index (χ2v) is 4.59. The van der Waals surface area contributed by atoms with E-state index in [9.17, 15) is 19.7 Å². The fraction of sp³-hybridized carbons (Fsp3) is 0.385. The van der Waals surface area contributed by atoms with Crippen LogP contribution in [0.4, 0.5) is 5.69 Å². The van der Waals surface area contributed by atoms with Gasteiger partial charge < -0.3 is 15.2 Å². The summed E-state index contributed by atoms with van der Waals surface area (Å²) < 4.78 is 5.27. The Morgan fingerprint density at radius 2 is 2.05 bits per heavy atom. The molecule has 1 aromatic carbocycles. The fourth-order valence-corrected chi connectivity index (χ4v) is 1.84. The smallest absolute Gasteiger partial charge is 0.329 e. The topological polar surface area (TPSA) is 119 Å². The van der Waals surface area contributed by atoms with E-state index >= 15 is 0 Å². The molecule has 2 N–H and O–H groups in total. The number of hydrogen-bond acceptors (Lipinski definition) is 5. The molecule has 0 bridgehead atoms.